The first kappa shape index (κ1) is 20.7. The largest absolute Gasteiger partial charge is 0.465 e. The van der Waals surface area contributed by atoms with Gasteiger partial charge in [0.15, 0.2) is 5.72 Å². The van der Waals surface area contributed by atoms with E-state index in [-0.39, 0.29) is 11.9 Å². The first-order valence-corrected chi connectivity index (χ1v) is 10.2. The van der Waals surface area contributed by atoms with Crippen molar-refractivity contribution in [3.63, 3.8) is 0 Å². The van der Waals surface area contributed by atoms with Crippen LogP contribution < -0.4 is 5.32 Å². The highest BCUT2D eigenvalue weighted by Crippen LogP contribution is 2.47. The van der Waals surface area contributed by atoms with Gasteiger partial charge in [0.1, 0.15) is 5.82 Å². The number of nitrogens with one attached hydrogen (secondary N) is 2. The Labute approximate surface area is 187 Å². The summed E-state index contributed by atoms with van der Waals surface area (Å²) in [5.74, 6) is -0.793. The van der Waals surface area contributed by atoms with Gasteiger partial charge in [-0.25, -0.2) is 14.2 Å². The summed E-state index contributed by atoms with van der Waals surface area (Å²) < 4.78 is 13.9. The van der Waals surface area contributed by atoms with E-state index in [1.165, 1.54) is 17.0 Å². The molecule has 4 N–H and O–H groups in total. The third-order valence-corrected chi connectivity index (χ3v) is 5.93. The number of H-pyrrole nitrogens is 1. The highest BCUT2D eigenvalue weighted by atomic mass is 19.1. The van der Waals surface area contributed by atoms with Crippen molar-refractivity contribution in [2.24, 2.45) is 0 Å². The summed E-state index contributed by atoms with van der Waals surface area (Å²) in [6.07, 6.45) is -1.27. The van der Waals surface area contributed by atoms with Crippen LogP contribution in [-0.2, 0) is 5.72 Å². The van der Waals surface area contributed by atoms with Crippen LogP contribution in [0.3, 0.4) is 0 Å². The molecule has 2 amide bonds. The Morgan fingerprint density at radius 3 is 2.70 bits per heavy atom. The van der Waals surface area contributed by atoms with Crippen molar-refractivity contribution < 1.29 is 24.2 Å². The number of imidazole rings is 1. The summed E-state index contributed by atoms with van der Waals surface area (Å²) >= 11 is 0. The molecule has 2 heterocycles. The van der Waals surface area contributed by atoms with E-state index in [1.807, 2.05) is 0 Å². The molecule has 0 fully saturated rings. The van der Waals surface area contributed by atoms with Crippen LogP contribution in [-0.4, -0.2) is 37.1 Å². The molecule has 166 valence electrons. The van der Waals surface area contributed by atoms with Gasteiger partial charge in [-0.1, -0.05) is 36.4 Å². The lowest BCUT2D eigenvalue weighted by atomic mass is 9.92. The second-order valence-electron chi connectivity index (χ2n) is 7.87. The molecule has 2 unspecified atom stereocenters. The fourth-order valence-corrected chi connectivity index (χ4v) is 4.43. The number of amides is 2. The van der Waals surface area contributed by atoms with Crippen molar-refractivity contribution in [3.8, 4) is 0 Å². The fraction of sp³-hybridized carbons (Fsp3) is 0.125. The van der Waals surface area contributed by atoms with Crippen LogP contribution >= 0.6 is 0 Å². The molecule has 4 aromatic rings. The molecule has 1 aliphatic rings. The first-order chi connectivity index (χ1) is 15.8. The molecule has 3 aromatic carbocycles. The zero-order valence-corrected chi connectivity index (χ0v) is 17.4. The van der Waals surface area contributed by atoms with Gasteiger partial charge in [0.05, 0.1) is 17.1 Å². The second-order valence-corrected chi connectivity index (χ2v) is 7.87. The van der Waals surface area contributed by atoms with Gasteiger partial charge in [-0.2, -0.15) is 0 Å². The molecule has 0 spiro atoms. The van der Waals surface area contributed by atoms with Crippen molar-refractivity contribution in [1.82, 2.24) is 14.9 Å². The van der Waals surface area contributed by atoms with Gasteiger partial charge in [0.2, 0.25) is 5.95 Å². The maximum Gasteiger partial charge on any atom is 0.411 e. The Balaban J connectivity index is 1.67. The quantitative estimate of drug-likeness (QED) is 0.375. The van der Waals surface area contributed by atoms with E-state index < -0.39 is 23.7 Å². The monoisotopic (exact) mass is 446 g/mol. The highest BCUT2D eigenvalue weighted by Gasteiger charge is 2.52. The van der Waals surface area contributed by atoms with Crippen LogP contribution in [0.4, 0.5) is 15.1 Å². The first-order valence-electron chi connectivity index (χ1n) is 10.2. The van der Waals surface area contributed by atoms with Gasteiger partial charge in [-0.3, -0.25) is 15.0 Å². The number of carbonyl (C=O) groups is 2. The van der Waals surface area contributed by atoms with E-state index >= 15 is 0 Å². The molecule has 0 saturated heterocycles. The van der Waals surface area contributed by atoms with E-state index in [4.69, 9.17) is 5.11 Å². The number of halogens is 1. The van der Waals surface area contributed by atoms with Crippen molar-refractivity contribution in [1.29, 1.82) is 0 Å². The summed E-state index contributed by atoms with van der Waals surface area (Å²) in [5, 5.41) is 23.2. The minimum atomic E-state index is -1.85. The molecule has 0 bridgehead atoms. The van der Waals surface area contributed by atoms with Gasteiger partial charge in [-0.05, 0) is 42.8 Å². The van der Waals surface area contributed by atoms with Gasteiger partial charge >= 0.3 is 6.09 Å². The zero-order valence-electron chi connectivity index (χ0n) is 17.4. The summed E-state index contributed by atoms with van der Waals surface area (Å²) in [7, 11) is 0. The molecule has 1 aromatic heterocycles. The average molecular weight is 446 g/mol. The molecule has 5 rings (SSSR count). The smallest absolute Gasteiger partial charge is 0.411 e. The lowest BCUT2D eigenvalue weighted by molar-refractivity contribution is -0.0677. The molecule has 0 aliphatic carbocycles. The standard InChI is InChI=1S/C24H19FN4O4/c1-13(14-5-4-6-16(25)11-14)29-21(30)17-7-2-3-8-18(17)24(29,33)15-9-10-19-20(12-15)27-22(26-19)28-23(31)32/h2-13,33H,1H3,(H,31,32)(H2,26,27,28). The number of aliphatic hydroxyl groups is 1. The van der Waals surface area contributed by atoms with Crippen LogP contribution in [0.1, 0.15) is 40.0 Å². The molecular formula is C24H19FN4O4. The number of nitrogens with zero attached hydrogens (tertiary/aromatic N) is 2. The number of hydrogen-bond donors (Lipinski definition) is 4. The predicted molar refractivity (Wildman–Crippen MR) is 118 cm³/mol. The normalized spacial score (nSPS) is 18.4. The Kier molecular flexibility index (Phi) is 4.64. The summed E-state index contributed by atoms with van der Waals surface area (Å²) in [6, 6.07) is 16.9. The van der Waals surface area contributed by atoms with Crippen LogP contribution in [0.25, 0.3) is 11.0 Å². The Bertz CT molecular complexity index is 1420. The number of aromatic amines is 1. The van der Waals surface area contributed by atoms with Crippen molar-refractivity contribution in [2.45, 2.75) is 18.7 Å². The van der Waals surface area contributed by atoms with Gasteiger partial charge in [0, 0.05) is 16.7 Å². The van der Waals surface area contributed by atoms with Crippen molar-refractivity contribution in [2.75, 3.05) is 5.32 Å². The topological polar surface area (TPSA) is 119 Å². The summed E-state index contributed by atoms with van der Waals surface area (Å²) in [6.45, 7) is 1.73. The molecular weight excluding hydrogens is 427 g/mol. The molecule has 33 heavy (non-hydrogen) atoms. The minimum absolute atomic E-state index is 0.0366. The lowest BCUT2D eigenvalue weighted by Crippen LogP contribution is -2.46. The van der Waals surface area contributed by atoms with Gasteiger partial charge < -0.3 is 15.2 Å². The van der Waals surface area contributed by atoms with E-state index in [2.05, 4.69) is 15.3 Å². The minimum Gasteiger partial charge on any atom is -0.465 e. The third kappa shape index (κ3) is 3.21. The number of fused-ring (bicyclic) bond motifs is 2. The maximum atomic E-state index is 13.9. The molecule has 8 nitrogen and oxygen atoms in total. The Morgan fingerprint density at radius 1 is 1.15 bits per heavy atom. The SMILES string of the molecule is CC(c1cccc(F)c1)N1C(=O)c2ccccc2C1(O)c1ccc2[nH]c(NC(=O)O)nc2c1. The van der Waals surface area contributed by atoms with E-state index in [0.717, 1.165) is 0 Å². The predicted octanol–water partition coefficient (Wildman–Crippen LogP) is 4.20. The number of carbonyl (C=O) groups excluding carboxylic acids is 1. The number of anilines is 1. The van der Waals surface area contributed by atoms with Crippen molar-refractivity contribution in [3.05, 3.63) is 94.8 Å². The third-order valence-electron chi connectivity index (χ3n) is 5.93. The number of benzene rings is 3. The van der Waals surface area contributed by atoms with Crippen LogP contribution in [0.2, 0.25) is 0 Å². The van der Waals surface area contributed by atoms with Crippen molar-refractivity contribution >= 4 is 29.0 Å². The Morgan fingerprint density at radius 2 is 1.94 bits per heavy atom. The molecule has 9 heteroatoms. The number of hydrogen-bond acceptors (Lipinski definition) is 4. The summed E-state index contributed by atoms with van der Waals surface area (Å²) in [5.41, 5.74) is 0.740. The second kappa shape index (κ2) is 7.42. The Hall–Kier alpha value is -4.24. The van der Waals surface area contributed by atoms with Crippen LogP contribution in [0, 0.1) is 5.82 Å². The van der Waals surface area contributed by atoms with E-state index in [1.54, 1.807) is 61.5 Å². The van der Waals surface area contributed by atoms with Gasteiger partial charge in [0.25, 0.3) is 5.91 Å². The summed E-state index contributed by atoms with van der Waals surface area (Å²) in [4.78, 5) is 32.8. The number of aromatic nitrogens is 2. The lowest BCUT2D eigenvalue weighted by Gasteiger charge is -2.39. The van der Waals surface area contributed by atoms with E-state index in [0.29, 0.717) is 33.3 Å². The number of rotatable bonds is 4. The molecule has 0 radical (unpaired) electrons. The molecule has 0 saturated carbocycles. The van der Waals surface area contributed by atoms with Crippen LogP contribution in [0.15, 0.2) is 66.7 Å². The highest BCUT2D eigenvalue weighted by molar-refractivity contribution is 6.01. The number of carboxylic acid groups (broad SMARTS) is 1. The fourth-order valence-electron chi connectivity index (χ4n) is 4.43. The molecule has 1 aliphatic heterocycles. The van der Waals surface area contributed by atoms with Gasteiger partial charge in [-0.15, -0.1) is 0 Å². The molecule has 2 atom stereocenters. The van der Waals surface area contributed by atoms with E-state index in [9.17, 15) is 19.1 Å². The van der Waals surface area contributed by atoms with Crippen LogP contribution in [0.5, 0.6) is 0 Å². The maximum absolute atomic E-state index is 13.9. The zero-order chi connectivity index (χ0) is 23.3. The average Bonchev–Trinajstić information content (AvgIpc) is 3.29.